The van der Waals surface area contributed by atoms with Gasteiger partial charge in [-0.1, -0.05) is 18.7 Å². The molecule has 0 fully saturated rings. The molecule has 0 atom stereocenters. The van der Waals surface area contributed by atoms with Crippen molar-refractivity contribution in [2.45, 2.75) is 39.2 Å². The van der Waals surface area contributed by atoms with Crippen LogP contribution < -0.4 is 10.6 Å². The second-order valence-corrected chi connectivity index (χ2v) is 6.31. The van der Waals surface area contributed by atoms with Crippen LogP contribution in [0.25, 0.3) is 0 Å². The molecule has 2 rings (SSSR count). The molecule has 0 aliphatic rings. The lowest BCUT2D eigenvalue weighted by Crippen LogP contribution is -2.42. The summed E-state index contributed by atoms with van der Waals surface area (Å²) in [6, 6.07) is 7.37. The van der Waals surface area contributed by atoms with Gasteiger partial charge in [-0.2, -0.15) is 5.10 Å². The van der Waals surface area contributed by atoms with Crippen LogP contribution >= 0.6 is 0 Å². The van der Waals surface area contributed by atoms with Gasteiger partial charge in [0.25, 0.3) is 0 Å². The van der Waals surface area contributed by atoms with E-state index in [1.54, 1.807) is 12.1 Å². The number of rotatable bonds is 7. The van der Waals surface area contributed by atoms with Crippen LogP contribution in [-0.4, -0.2) is 27.0 Å². The van der Waals surface area contributed by atoms with Crippen LogP contribution in [0.2, 0.25) is 0 Å². The highest BCUT2D eigenvalue weighted by Crippen LogP contribution is 2.16. The molecule has 0 unspecified atom stereocenters. The van der Waals surface area contributed by atoms with Gasteiger partial charge in [0, 0.05) is 12.1 Å². The van der Waals surface area contributed by atoms with Gasteiger partial charge >= 0.3 is 0 Å². The van der Waals surface area contributed by atoms with Crippen molar-refractivity contribution in [1.29, 1.82) is 0 Å². The highest BCUT2D eigenvalue weighted by Gasteiger charge is 2.26. The van der Waals surface area contributed by atoms with E-state index >= 15 is 0 Å². The van der Waals surface area contributed by atoms with Crippen LogP contribution in [0.5, 0.6) is 0 Å². The Labute approximate surface area is 146 Å². The number of aromatic nitrogens is 3. The Bertz CT molecular complexity index is 762. The van der Waals surface area contributed by atoms with E-state index in [9.17, 15) is 9.59 Å². The molecule has 3 N–H and O–H groups in total. The molecular weight excluding hydrogens is 318 g/mol. The predicted molar refractivity (Wildman–Crippen MR) is 95.9 cm³/mol. The van der Waals surface area contributed by atoms with Crippen molar-refractivity contribution in [1.82, 2.24) is 20.5 Å². The number of nitrogens with one attached hydrogen (secondary N) is 3. The third-order valence-corrected chi connectivity index (χ3v) is 3.66. The van der Waals surface area contributed by atoms with Gasteiger partial charge < -0.3 is 10.6 Å². The average molecular weight is 341 g/mol. The number of carbonyl (C=O) groups is 2. The van der Waals surface area contributed by atoms with Crippen molar-refractivity contribution in [2.75, 3.05) is 5.32 Å². The summed E-state index contributed by atoms with van der Waals surface area (Å²) >= 11 is 0. The molecule has 0 spiro atoms. The van der Waals surface area contributed by atoms with Crippen molar-refractivity contribution >= 4 is 17.5 Å². The summed E-state index contributed by atoms with van der Waals surface area (Å²) in [4.78, 5) is 27.7. The number of aryl methyl sites for hydroxylation is 2. The number of H-pyrrole nitrogens is 1. The van der Waals surface area contributed by atoms with Crippen molar-refractivity contribution in [3.05, 3.63) is 54.1 Å². The Morgan fingerprint density at radius 1 is 1.28 bits per heavy atom. The minimum atomic E-state index is -0.638. The molecule has 7 heteroatoms. The minimum Gasteiger partial charge on any atom is -0.344 e. The summed E-state index contributed by atoms with van der Waals surface area (Å²) < 4.78 is 0. The Morgan fingerprint density at radius 3 is 2.52 bits per heavy atom. The van der Waals surface area contributed by atoms with E-state index < -0.39 is 5.54 Å². The zero-order chi connectivity index (χ0) is 18.4. The molecule has 0 aliphatic heterocycles. The highest BCUT2D eigenvalue weighted by molar-refractivity contribution is 5.98. The quantitative estimate of drug-likeness (QED) is 0.672. The lowest BCUT2D eigenvalue weighted by molar-refractivity contribution is -0.122. The first-order valence-electron chi connectivity index (χ1n) is 8.03. The molecule has 0 saturated heterocycles. The molecule has 25 heavy (non-hydrogen) atoms. The second kappa shape index (κ2) is 7.74. The summed E-state index contributed by atoms with van der Waals surface area (Å²) in [7, 11) is 0. The number of hydrogen-bond acceptors (Lipinski definition) is 4. The fourth-order valence-corrected chi connectivity index (χ4v) is 2.30. The number of nitrogens with zero attached hydrogens (tertiary/aromatic N) is 2. The van der Waals surface area contributed by atoms with Crippen molar-refractivity contribution < 1.29 is 9.59 Å². The van der Waals surface area contributed by atoms with Gasteiger partial charge in [-0.3, -0.25) is 14.7 Å². The first kappa shape index (κ1) is 18.4. The topological polar surface area (TPSA) is 99.8 Å². The maximum Gasteiger partial charge on any atom is 0.247 e. The maximum absolute atomic E-state index is 12.2. The van der Waals surface area contributed by atoms with E-state index in [0.29, 0.717) is 30.2 Å². The summed E-state index contributed by atoms with van der Waals surface area (Å²) in [6.45, 7) is 8.95. The van der Waals surface area contributed by atoms with E-state index in [4.69, 9.17) is 0 Å². The SMILES string of the molecule is C=CC(=O)Nc1ccc(CCC(=O)NC(C)(C)c2n[nH]c(C)n2)cc1. The van der Waals surface area contributed by atoms with Gasteiger partial charge in [-0.15, -0.1) is 0 Å². The van der Waals surface area contributed by atoms with Crippen LogP contribution in [0.4, 0.5) is 5.69 Å². The van der Waals surface area contributed by atoms with Gasteiger partial charge in [0.15, 0.2) is 5.82 Å². The Kier molecular flexibility index (Phi) is 5.69. The van der Waals surface area contributed by atoms with Gasteiger partial charge in [-0.25, -0.2) is 4.98 Å². The van der Waals surface area contributed by atoms with Crippen LogP contribution in [0, 0.1) is 6.92 Å². The van der Waals surface area contributed by atoms with Crippen molar-refractivity contribution in [3.8, 4) is 0 Å². The average Bonchev–Trinajstić information content (AvgIpc) is 3.01. The Morgan fingerprint density at radius 2 is 1.96 bits per heavy atom. The number of benzene rings is 1. The smallest absolute Gasteiger partial charge is 0.247 e. The monoisotopic (exact) mass is 341 g/mol. The van der Waals surface area contributed by atoms with Gasteiger partial charge in [0.1, 0.15) is 5.82 Å². The Balaban J connectivity index is 1.87. The molecular formula is C18H23N5O2. The highest BCUT2D eigenvalue weighted by atomic mass is 16.2. The zero-order valence-corrected chi connectivity index (χ0v) is 14.7. The lowest BCUT2D eigenvalue weighted by Gasteiger charge is -2.22. The molecule has 0 bridgehead atoms. The summed E-state index contributed by atoms with van der Waals surface area (Å²) in [5, 5.41) is 12.5. The standard InChI is InChI=1S/C18H23N5O2/c1-5-15(24)20-14-9-6-13(7-10-14)8-11-16(25)21-18(3,4)17-19-12(2)22-23-17/h5-7,9-10H,1,8,11H2,2-4H3,(H,20,24)(H,21,25)(H,19,22,23). The zero-order valence-electron chi connectivity index (χ0n) is 14.7. The molecule has 1 aromatic heterocycles. The number of carbonyl (C=O) groups excluding carboxylic acids is 2. The molecule has 0 radical (unpaired) electrons. The van der Waals surface area contributed by atoms with Crippen molar-refractivity contribution in [2.24, 2.45) is 0 Å². The lowest BCUT2D eigenvalue weighted by atomic mass is 10.0. The maximum atomic E-state index is 12.2. The van der Waals surface area contributed by atoms with Crippen LogP contribution in [0.1, 0.15) is 37.5 Å². The predicted octanol–water partition coefficient (Wildman–Crippen LogP) is 2.22. The number of aromatic amines is 1. The van der Waals surface area contributed by atoms with Crippen molar-refractivity contribution in [3.63, 3.8) is 0 Å². The molecule has 0 aliphatic carbocycles. The number of anilines is 1. The minimum absolute atomic E-state index is 0.0727. The third kappa shape index (κ3) is 5.27. The molecule has 1 heterocycles. The van der Waals surface area contributed by atoms with E-state index in [1.807, 2.05) is 32.9 Å². The van der Waals surface area contributed by atoms with Gasteiger partial charge in [-0.05, 0) is 51.0 Å². The summed E-state index contributed by atoms with van der Waals surface area (Å²) in [5.74, 6) is 0.940. The molecule has 2 aromatic rings. The van der Waals surface area contributed by atoms with E-state index in [2.05, 4.69) is 32.4 Å². The molecule has 2 amide bonds. The fourth-order valence-electron chi connectivity index (χ4n) is 2.30. The normalized spacial score (nSPS) is 11.0. The van der Waals surface area contributed by atoms with Crippen LogP contribution in [0.15, 0.2) is 36.9 Å². The first-order chi connectivity index (χ1) is 11.8. The Hall–Kier alpha value is -2.96. The van der Waals surface area contributed by atoms with Gasteiger partial charge in [0.05, 0.1) is 5.54 Å². The van der Waals surface area contributed by atoms with E-state index in [1.165, 1.54) is 6.08 Å². The first-order valence-corrected chi connectivity index (χ1v) is 8.03. The number of hydrogen-bond donors (Lipinski definition) is 3. The second-order valence-electron chi connectivity index (χ2n) is 6.31. The largest absolute Gasteiger partial charge is 0.344 e. The number of amides is 2. The van der Waals surface area contributed by atoms with Gasteiger partial charge in [0.2, 0.25) is 11.8 Å². The van der Waals surface area contributed by atoms with E-state index in [-0.39, 0.29) is 11.8 Å². The molecule has 132 valence electrons. The summed E-state index contributed by atoms with van der Waals surface area (Å²) in [6.07, 6.45) is 2.17. The molecule has 1 aromatic carbocycles. The summed E-state index contributed by atoms with van der Waals surface area (Å²) in [5.41, 5.74) is 1.07. The molecule has 0 saturated carbocycles. The van der Waals surface area contributed by atoms with Crippen LogP contribution in [0.3, 0.4) is 0 Å². The van der Waals surface area contributed by atoms with Crippen LogP contribution in [-0.2, 0) is 21.5 Å². The third-order valence-electron chi connectivity index (χ3n) is 3.66. The van der Waals surface area contributed by atoms with E-state index in [0.717, 1.165) is 5.56 Å². The fraction of sp³-hybridized carbons (Fsp3) is 0.333. The molecule has 7 nitrogen and oxygen atoms in total.